The average Bonchev–Trinajstić information content (AvgIpc) is 2.84. The Hall–Kier alpha value is -3.95. The zero-order valence-corrected chi connectivity index (χ0v) is 20.1. The van der Waals surface area contributed by atoms with Crippen molar-refractivity contribution in [1.29, 1.82) is 0 Å². The van der Waals surface area contributed by atoms with Crippen LogP contribution >= 0.6 is 0 Å². The van der Waals surface area contributed by atoms with Gasteiger partial charge in [0.1, 0.15) is 0 Å². The number of benzene rings is 2. The fraction of sp³-hybridized carbons (Fsp3) is 0.375. The Morgan fingerprint density at radius 1 is 0.853 bits per heavy atom. The van der Waals surface area contributed by atoms with E-state index >= 15 is 0 Å². The molecule has 10 nitrogen and oxygen atoms in total. The van der Waals surface area contributed by atoms with Crippen molar-refractivity contribution in [3.8, 4) is 28.7 Å². The summed E-state index contributed by atoms with van der Waals surface area (Å²) in [5, 5.41) is 6.46. The van der Waals surface area contributed by atoms with Gasteiger partial charge in [-0.2, -0.15) is 5.10 Å². The molecule has 10 heteroatoms. The molecule has 0 radical (unpaired) electrons. The van der Waals surface area contributed by atoms with Crippen LogP contribution in [0.4, 0.5) is 0 Å². The normalized spacial score (nSPS) is 10.5. The van der Waals surface area contributed by atoms with E-state index in [1.165, 1.54) is 13.3 Å². The Labute approximate surface area is 199 Å². The Morgan fingerprint density at radius 3 is 2.03 bits per heavy atom. The van der Waals surface area contributed by atoms with Crippen LogP contribution in [0.5, 0.6) is 28.7 Å². The number of ether oxygens (including phenoxy) is 5. The topological polar surface area (TPSA) is 117 Å². The number of hydrogen-bond acceptors (Lipinski definition) is 8. The van der Waals surface area contributed by atoms with Crippen LogP contribution in [0, 0.1) is 0 Å². The van der Waals surface area contributed by atoms with Crippen molar-refractivity contribution < 1.29 is 33.3 Å². The minimum absolute atomic E-state index is 0.275. The largest absolute Gasteiger partial charge is 0.493 e. The summed E-state index contributed by atoms with van der Waals surface area (Å²) in [6, 6.07) is 8.32. The highest BCUT2D eigenvalue weighted by atomic mass is 16.5. The van der Waals surface area contributed by atoms with Crippen molar-refractivity contribution in [2.24, 2.45) is 5.10 Å². The van der Waals surface area contributed by atoms with Crippen LogP contribution in [0.2, 0.25) is 0 Å². The highest BCUT2D eigenvalue weighted by molar-refractivity contribution is 5.97. The van der Waals surface area contributed by atoms with Gasteiger partial charge in [0, 0.05) is 5.56 Å². The fourth-order valence-corrected chi connectivity index (χ4v) is 2.93. The molecule has 0 unspecified atom stereocenters. The van der Waals surface area contributed by atoms with Crippen molar-refractivity contribution in [2.45, 2.75) is 20.8 Å². The zero-order chi connectivity index (χ0) is 24.9. The third-order valence-corrected chi connectivity index (χ3v) is 4.39. The second kappa shape index (κ2) is 13.6. The first-order valence-corrected chi connectivity index (χ1v) is 10.9. The lowest BCUT2D eigenvalue weighted by Crippen LogP contribution is -2.35. The molecule has 0 spiro atoms. The maximum Gasteiger partial charge on any atom is 0.259 e. The van der Waals surface area contributed by atoms with Gasteiger partial charge in [-0.1, -0.05) is 0 Å². The summed E-state index contributed by atoms with van der Waals surface area (Å²) in [6.07, 6.45) is 1.46. The molecule has 2 N–H and O–H groups in total. The zero-order valence-electron chi connectivity index (χ0n) is 20.1. The van der Waals surface area contributed by atoms with Gasteiger partial charge in [0.15, 0.2) is 23.0 Å². The van der Waals surface area contributed by atoms with Crippen molar-refractivity contribution in [3.63, 3.8) is 0 Å². The van der Waals surface area contributed by atoms with Gasteiger partial charge in [-0.25, -0.2) is 5.43 Å². The molecule has 34 heavy (non-hydrogen) atoms. The number of nitrogens with one attached hydrogen (secondary N) is 2. The molecule has 2 rings (SSSR count). The van der Waals surface area contributed by atoms with Gasteiger partial charge >= 0.3 is 0 Å². The lowest BCUT2D eigenvalue weighted by atomic mass is 10.1. The highest BCUT2D eigenvalue weighted by Crippen LogP contribution is 2.39. The Kier molecular flexibility index (Phi) is 10.5. The first kappa shape index (κ1) is 26.3. The number of hydrogen-bond donors (Lipinski definition) is 2. The van der Waals surface area contributed by atoms with E-state index in [1.54, 1.807) is 37.4 Å². The van der Waals surface area contributed by atoms with Gasteiger partial charge < -0.3 is 29.0 Å². The Balaban J connectivity index is 2.01. The smallest absolute Gasteiger partial charge is 0.259 e. The van der Waals surface area contributed by atoms with E-state index in [0.717, 1.165) is 0 Å². The Bertz CT molecular complexity index is 981. The fourth-order valence-electron chi connectivity index (χ4n) is 2.93. The van der Waals surface area contributed by atoms with E-state index in [4.69, 9.17) is 23.7 Å². The van der Waals surface area contributed by atoms with Crippen LogP contribution in [-0.4, -0.2) is 58.6 Å². The lowest BCUT2D eigenvalue weighted by molar-refractivity contribution is -0.120. The molecule has 184 valence electrons. The van der Waals surface area contributed by atoms with E-state index in [2.05, 4.69) is 15.8 Å². The van der Waals surface area contributed by atoms with Crippen molar-refractivity contribution in [3.05, 3.63) is 41.5 Å². The molecule has 2 aromatic carbocycles. The molecule has 0 aromatic heterocycles. The molecule has 0 saturated heterocycles. The summed E-state index contributed by atoms with van der Waals surface area (Å²) < 4.78 is 27.3. The third kappa shape index (κ3) is 7.29. The molecule has 0 bridgehead atoms. The molecule has 0 aliphatic heterocycles. The van der Waals surface area contributed by atoms with Gasteiger partial charge in [-0.15, -0.1) is 0 Å². The number of rotatable bonds is 13. The standard InChI is InChI=1S/C24H31N3O7/c1-6-32-20-12-17(13-21(33-7-2)23(20)34-8-3)24(29)25-15-22(28)27-26-14-16-9-10-18(30-4)19(11-16)31-5/h9-14H,6-8,15H2,1-5H3,(H,25,29)(H,27,28)/b26-14+. The Morgan fingerprint density at radius 2 is 1.47 bits per heavy atom. The van der Waals surface area contributed by atoms with Crippen LogP contribution < -0.4 is 34.4 Å². The van der Waals surface area contributed by atoms with Crippen LogP contribution in [0.1, 0.15) is 36.7 Å². The van der Waals surface area contributed by atoms with E-state index < -0.39 is 11.8 Å². The number of carbonyl (C=O) groups excluding carboxylic acids is 2. The quantitative estimate of drug-likeness (QED) is 0.339. The molecule has 0 fully saturated rings. The molecule has 0 aliphatic carbocycles. The summed E-state index contributed by atoms with van der Waals surface area (Å²) in [7, 11) is 3.07. The SMILES string of the molecule is CCOc1cc(C(=O)NCC(=O)N/N=C/c2ccc(OC)c(OC)c2)cc(OCC)c1OCC. The predicted molar refractivity (Wildman–Crippen MR) is 128 cm³/mol. The number of hydrazone groups is 1. The average molecular weight is 474 g/mol. The van der Waals surface area contributed by atoms with Crippen molar-refractivity contribution >= 4 is 18.0 Å². The van der Waals surface area contributed by atoms with Gasteiger partial charge in [0.2, 0.25) is 5.75 Å². The molecule has 0 heterocycles. The van der Waals surface area contributed by atoms with E-state index in [0.29, 0.717) is 54.1 Å². The number of carbonyl (C=O) groups is 2. The van der Waals surface area contributed by atoms with Gasteiger partial charge in [0.25, 0.3) is 11.8 Å². The van der Waals surface area contributed by atoms with E-state index in [1.807, 2.05) is 20.8 Å². The number of methoxy groups -OCH3 is 2. The summed E-state index contributed by atoms with van der Waals surface area (Å²) in [5.74, 6) is 1.38. The maximum atomic E-state index is 12.7. The molecule has 0 saturated carbocycles. The molecule has 2 amide bonds. The minimum Gasteiger partial charge on any atom is -0.493 e. The van der Waals surface area contributed by atoms with Crippen LogP contribution in [-0.2, 0) is 4.79 Å². The second-order valence-electron chi connectivity index (χ2n) is 6.69. The lowest BCUT2D eigenvalue weighted by Gasteiger charge is -2.17. The molecular formula is C24H31N3O7. The summed E-state index contributed by atoms with van der Waals surface area (Å²) in [5.41, 5.74) is 3.34. The van der Waals surface area contributed by atoms with Crippen LogP contribution in [0.3, 0.4) is 0 Å². The van der Waals surface area contributed by atoms with Crippen molar-refractivity contribution in [2.75, 3.05) is 40.6 Å². The van der Waals surface area contributed by atoms with Crippen LogP contribution in [0.25, 0.3) is 0 Å². The minimum atomic E-state index is -0.494. The first-order valence-electron chi connectivity index (χ1n) is 10.9. The maximum absolute atomic E-state index is 12.7. The molecule has 0 aliphatic rings. The second-order valence-corrected chi connectivity index (χ2v) is 6.69. The molecular weight excluding hydrogens is 442 g/mol. The van der Waals surface area contributed by atoms with Gasteiger partial charge in [0.05, 0.1) is 46.8 Å². The van der Waals surface area contributed by atoms with E-state index in [-0.39, 0.29) is 12.1 Å². The van der Waals surface area contributed by atoms with Gasteiger partial charge in [-0.05, 0) is 56.7 Å². The molecule has 2 aromatic rings. The van der Waals surface area contributed by atoms with Gasteiger partial charge in [-0.3, -0.25) is 9.59 Å². The highest BCUT2D eigenvalue weighted by Gasteiger charge is 2.18. The third-order valence-electron chi connectivity index (χ3n) is 4.39. The number of amides is 2. The first-order chi connectivity index (χ1) is 16.5. The monoisotopic (exact) mass is 473 g/mol. The molecule has 0 atom stereocenters. The predicted octanol–water partition coefficient (Wildman–Crippen LogP) is 2.78. The van der Waals surface area contributed by atoms with E-state index in [9.17, 15) is 9.59 Å². The summed E-state index contributed by atoms with van der Waals surface area (Å²) >= 11 is 0. The summed E-state index contributed by atoms with van der Waals surface area (Å²) in [4.78, 5) is 24.8. The van der Waals surface area contributed by atoms with Crippen LogP contribution in [0.15, 0.2) is 35.4 Å². The van der Waals surface area contributed by atoms with Crippen molar-refractivity contribution in [1.82, 2.24) is 10.7 Å². The summed E-state index contributed by atoms with van der Waals surface area (Å²) in [6.45, 7) is 6.41. The number of nitrogens with zero attached hydrogens (tertiary/aromatic N) is 1.